The molecule has 0 bridgehead atoms. The Kier molecular flexibility index (Phi) is 4.27. The van der Waals surface area contributed by atoms with E-state index in [-0.39, 0.29) is 5.92 Å². The van der Waals surface area contributed by atoms with Crippen molar-refractivity contribution in [3.05, 3.63) is 29.9 Å². The smallest absolute Gasteiger partial charge is 0.231 e. The first kappa shape index (κ1) is 13.7. The molecule has 0 saturated carbocycles. The van der Waals surface area contributed by atoms with E-state index in [4.69, 9.17) is 10.3 Å². The maximum absolute atomic E-state index is 5.77. The summed E-state index contributed by atoms with van der Waals surface area (Å²) < 4.78 is 5.37. The standard InChI is InChI=1S/C14H20N4O/c1-4-10-8-16-6-5-11(10)13-17-14(19-18-13)12(7-15)9(2)3/h5-6,8-9,12H,4,7,15H2,1-3H3. The van der Waals surface area contributed by atoms with Gasteiger partial charge in [-0.15, -0.1) is 0 Å². The highest BCUT2D eigenvalue weighted by Gasteiger charge is 2.22. The van der Waals surface area contributed by atoms with Gasteiger partial charge in [-0.25, -0.2) is 0 Å². The van der Waals surface area contributed by atoms with E-state index in [0.29, 0.717) is 24.2 Å². The molecule has 5 heteroatoms. The Balaban J connectivity index is 2.35. The Hall–Kier alpha value is -1.75. The van der Waals surface area contributed by atoms with Crippen molar-refractivity contribution in [2.75, 3.05) is 6.54 Å². The maximum Gasteiger partial charge on any atom is 0.231 e. The van der Waals surface area contributed by atoms with E-state index < -0.39 is 0 Å². The van der Waals surface area contributed by atoms with Crippen molar-refractivity contribution in [1.29, 1.82) is 0 Å². The first-order valence-electron chi connectivity index (χ1n) is 6.64. The van der Waals surface area contributed by atoms with Gasteiger partial charge in [-0.05, 0) is 24.0 Å². The molecule has 0 amide bonds. The summed E-state index contributed by atoms with van der Waals surface area (Å²) in [5.41, 5.74) is 7.87. The molecular weight excluding hydrogens is 240 g/mol. The SMILES string of the molecule is CCc1cnccc1-c1noc(C(CN)C(C)C)n1. The minimum Gasteiger partial charge on any atom is -0.339 e. The molecule has 2 aromatic heterocycles. The van der Waals surface area contributed by atoms with Crippen molar-refractivity contribution < 1.29 is 4.52 Å². The molecule has 2 heterocycles. The average Bonchev–Trinajstić information content (AvgIpc) is 2.88. The molecule has 0 fully saturated rings. The predicted molar refractivity (Wildman–Crippen MR) is 73.5 cm³/mol. The lowest BCUT2D eigenvalue weighted by atomic mass is 9.96. The molecule has 19 heavy (non-hydrogen) atoms. The lowest BCUT2D eigenvalue weighted by Crippen LogP contribution is -2.18. The molecule has 0 aromatic carbocycles. The quantitative estimate of drug-likeness (QED) is 0.893. The third kappa shape index (κ3) is 2.81. The molecule has 0 saturated heterocycles. The van der Waals surface area contributed by atoms with E-state index in [2.05, 4.69) is 35.9 Å². The molecule has 2 rings (SSSR count). The molecule has 0 aliphatic rings. The zero-order valence-corrected chi connectivity index (χ0v) is 11.6. The van der Waals surface area contributed by atoms with Crippen LogP contribution in [0.4, 0.5) is 0 Å². The van der Waals surface area contributed by atoms with E-state index in [1.165, 1.54) is 0 Å². The summed E-state index contributed by atoms with van der Waals surface area (Å²) >= 11 is 0. The van der Waals surface area contributed by atoms with Crippen LogP contribution in [0.3, 0.4) is 0 Å². The number of rotatable bonds is 5. The van der Waals surface area contributed by atoms with Crippen LogP contribution in [0.15, 0.2) is 23.0 Å². The van der Waals surface area contributed by atoms with Gasteiger partial charge in [0.1, 0.15) is 0 Å². The predicted octanol–water partition coefficient (Wildman–Crippen LogP) is 2.39. The average molecular weight is 260 g/mol. The second-order valence-electron chi connectivity index (χ2n) is 4.93. The molecule has 2 N–H and O–H groups in total. The van der Waals surface area contributed by atoms with Gasteiger partial charge in [0, 0.05) is 24.5 Å². The van der Waals surface area contributed by atoms with Crippen molar-refractivity contribution in [3.8, 4) is 11.4 Å². The first-order chi connectivity index (χ1) is 9.17. The van der Waals surface area contributed by atoms with E-state index in [1.807, 2.05) is 12.3 Å². The normalized spacial score (nSPS) is 12.9. The van der Waals surface area contributed by atoms with Gasteiger partial charge < -0.3 is 10.3 Å². The minimum absolute atomic E-state index is 0.105. The molecule has 1 atom stereocenters. The van der Waals surface area contributed by atoms with Gasteiger partial charge in [0.15, 0.2) is 0 Å². The molecule has 0 aliphatic heterocycles. The number of nitrogens with zero attached hydrogens (tertiary/aromatic N) is 3. The van der Waals surface area contributed by atoms with Crippen LogP contribution in [0.5, 0.6) is 0 Å². The van der Waals surface area contributed by atoms with Crippen molar-refractivity contribution >= 4 is 0 Å². The fraction of sp³-hybridized carbons (Fsp3) is 0.500. The zero-order chi connectivity index (χ0) is 13.8. The molecule has 102 valence electrons. The van der Waals surface area contributed by atoms with Gasteiger partial charge >= 0.3 is 0 Å². The number of nitrogens with two attached hydrogens (primary N) is 1. The number of hydrogen-bond donors (Lipinski definition) is 1. The molecule has 2 aromatic rings. The van der Waals surface area contributed by atoms with E-state index in [0.717, 1.165) is 17.5 Å². The summed E-state index contributed by atoms with van der Waals surface area (Å²) in [6.45, 7) is 6.80. The summed E-state index contributed by atoms with van der Waals surface area (Å²) in [4.78, 5) is 8.62. The van der Waals surface area contributed by atoms with E-state index in [1.54, 1.807) is 6.20 Å². The second-order valence-corrected chi connectivity index (χ2v) is 4.93. The summed E-state index contributed by atoms with van der Waals surface area (Å²) in [6, 6.07) is 1.92. The molecule has 5 nitrogen and oxygen atoms in total. The molecule has 0 aliphatic carbocycles. The fourth-order valence-electron chi connectivity index (χ4n) is 2.08. The van der Waals surface area contributed by atoms with Crippen LogP contribution in [0, 0.1) is 5.92 Å². The fourth-order valence-corrected chi connectivity index (χ4v) is 2.08. The zero-order valence-electron chi connectivity index (χ0n) is 11.6. The highest BCUT2D eigenvalue weighted by Crippen LogP contribution is 2.26. The van der Waals surface area contributed by atoms with Crippen LogP contribution in [0.2, 0.25) is 0 Å². The highest BCUT2D eigenvalue weighted by molar-refractivity contribution is 5.58. The third-order valence-corrected chi connectivity index (χ3v) is 3.34. The van der Waals surface area contributed by atoms with Crippen LogP contribution < -0.4 is 5.73 Å². The van der Waals surface area contributed by atoms with Crippen molar-refractivity contribution in [2.24, 2.45) is 11.7 Å². The summed E-state index contributed by atoms with van der Waals surface area (Å²) in [6.07, 6.45) is 4.47. The lowest BCUT2D eigenvalue weighted by molar-refractivity contribution is 0.324. The number of pyridine rings is 1. The van der Waals surface area contributed by atoms with Crippen LogP contribution in [0.1, 0.15) is 38.1 Å². The summed E-state index contributed by atoms with van der Waals surface area (Å²) in [7, 11) is 0. The molecule has 0 radical (unpaired) electrons. The summed E-state index contributed by atoms with van der Waals surface area (Å²) in [5, 5.41) is 4.08. The second kappa shape index (κ2) is 5.93. The Labute approximate surface area is 113 Å². The van der Waals surface area contributed by atoms with Gasteiger partial charge in [-0.1, -0.05) is 25.9 Å². The van der Waals surface area contributed by atoms with Gasteiger partial charge in [-0.2, -0.15) is 4.98 Å². The van der Waals surface area contributed by atoms with Gasteiger partial charge in [0.05, 0.1) is 5.92 Å². The van der Waals surface area contributed by atoms with E-state index in [9.17, 15) is 0 Å². The van der Waals surface area contributed by atoms with Crippen LogP contribution in [-0.4, -0.2) is 21.7 Å². The van der Waals surface area contributed by atoms with Crippen LogP contribution in [0.25, 0.3) is 11.4 Å². The molecule has 1 unspecified atom stereocenters. The minimum atomic E-state index is 0.105. The van der Waals surface area contributed by atoms with Crippen molar-refractivity contribution in [1.82, 2.24) is 15.1 Å². The monoisotopic (exact) mass is 260 g/mol. The van der Waals surface area contributed by atoms with E-state index >= 15 is 0 Å². The Morgan fingerprint density at radius 1 is 1.37 bits per heavy atom. The highest BCUT2D eigenvalue weighted by atomic mass is 16.5. The lowest BCUT2D eigenvalue weighted by Gasteiger charge is -2.13. The largest absolute Gasteiger partial charge is 0.339 e. The van der Waals surface area contributed by atoms with Gasteiger partial charge in [0.2, 0.25) is 11.7 Å². The first-order valence-corrected chi connectivity index (χ1v) is 6.64. The maximum atomic E-state index is 5.77. The van der Waals surface area contributed by atoms with Gasteiger partial charge in [-0.3, -0.25) is 4.98 Å². The summed E-state index contributed by atoms with van der Waals surface area (Å²) in [5.74, 6) is 1.72. The van der Waals surface area contributed by atoms with Crippen molar-refractivity contribution in [3.63, 3.8) is 0 Å². The van der Waals surface area contributed by atoms with Crippen molar-refractivity contribution in [2.45, 2.75) is 33.1 Å². The van der Waals surface area contributed by atoms with Gasteiger partial charge in [0.25, 0.3) is 0 Å². The number of hydrogen-bond acceptors (Lipinski definition) is 5. The third-order valence-electron chi connectivity index (χ3n) is 3.34. The number of aromatic nitrogens is 3. The Morgan fingerprint density at radius 2 is 2.16 bits per heavy atom. The molecule has 0 spiro atoms. The molecular formula is C14H20N4O. The number of aryl methyl sites for hydroxylation is 1. The Bertz CT molecular complexity index is 536. The Morgan fingerprint density at radius 3 is 2.79 bits per heavy atom. The van der Waals surface area contributed by atoms with Crippen LogP contribution >= 0.6 is 0 Å². The van der Waals surface area contributed by atoms with Crippen LogP contribution in [-0.2, 0) is 6.42 Å². The topological polar surface area (TPSA) is 77.8 Å².